The van der Waals surface area contributed by atoms with Crippen LogP contribution in [-0.2, 0) is 16.1 Å². The van der Waals surface area contributed by atoms with Crippen LogP contribution in [0, 0.1) is 5.92 Å². The van der Waals surface area contributed by atoms with E-state index < -0.39 is 0 Å². The normalized spacial score (nSPS) is 10.9. The first-order valence-electron chi connectivity index (χ1n) is 7.40. The number of hydrogen-bond donors (Lipinski definition) is 3. The highest BCUT2D eigenvalue weighted by atomic mass is 127. The van der Waals surface area contributed by atoms with Crippen LogP contribution in [0.5, 0.6) is 0 Å². The number of rotatable bonds is 7. The van der Waals surface area contributed by atoms with E-state index in [0.29, 0.717) is 19.7 Å². The molecule has 0 atom stereocenters. The molecule has 0 spiro atoms. The monoisotopic (exact) mass is 434 g/mol. The van der Waals surface area contributed by atoms with Gasteiger partial charge < -0.3 is 20.7 Å². The molecule has 0 bridgehead atoms. The van der Waals surface area contributed by atoms with Crippen molar-refractivity contribution in [2.75, 3.05) is 32.6 Å². The molecule has 3 N–H and O–H groups in total. The molecule has 130 valence electrons. The van der Waals surface area contributed by atoms with Gasteiger partial charge in [0.05, 0.1) is 6.61 Å². The molecule has 0 unspecified atom stereocenters. The fourth-order valence-corrected chi connectivity index (χ4v) is 1.67. The smallest absolute Gasteiger partial charge is 0.226 e. The van der Waals surface area contributed by atoms with Crippen LogP contribution in [0.4, 0.5) is 5.69 Å². The fraction of sp³-hybridized carbons (Fsp3) is 0.500. The second-order valence-electron chi connectivity index (χ2n) is 5.19. The molecule has 6 nitrogen and oxygen atoms in total. The van der Waals surface area contributed by atoms with Gasteiger partial charge in [0.1, 0.15) is 0 Å². The van der Waals surface area contributed by atoms with Crippen molar-refractivity contribution in [2.24, 2.45) is 10.9 Å². The number of carbonyl (C=O) groups is 1. The standard InChI is InChI=1S/C16H26N4O2.HI/c1-12(2)15(21)20-14-7-5-13(6-8-14)11-19-16(17-3)18-9-10-22-4;/h5-8,12H,9-11H2,1-4H3,(H,20,21)(H2,17,18,19);1H. The molecular formula is C16H27IN4O2. The van der Waals surface area contributed by atoms with Crippen molar-refractivity contribution in [3.05, 3.63) is 29.8 Å². The highest BCUT2D eigenvalue weighted by Crippen LogP contribution is 2.10. The molecule has 1 aromatic rings. The van der Waals surface area contributed by atoms with E-state index in [2.05, 4.69) is 20.9 Å². The molecule has 0 saturated heterocycles. The zero-order valence-corrected chi connectivity index (χ0v) is 16.5. The quantitative estimate of drug-likeness (QED) is 0.266. The van der Waals surface area contributed by atoms with Gasteiger partial charge in [0.25, 0.3) is 0 Å². The number of carbonyl (C=O) groups excluding carboxylic acids is 1. The van der Waals surface area contributed by atoms with Crippen molar-refractivity contribution in [3.63, 3.8) is 0 Å². The summed E-state index contributed by atoms with van der Waals surface area (Å²) < 4.78 is 4.98. The third kappa shape index (κ3) is 8.75. The highest BCUT2D eigenvalue weighted by Gasteiger charge is 2.06. The van der Waals surface area contributed by atoms with Crippen LogP contribution in [-0.4, -0.2) is 39.2 Å². The molecule has 0 heterocycles. The lowest BCUT2D eigenvalue weighted by Crippen LogP contribution is -2.38. The number of hydrogen-bond acceptors (Lipinski definition) is 3. The Labute approximate surface area is 155 Å². The maximum Gasteiger partial charge on any atom is 0.226 e. The first-order valence-corrected chi connectivity index (χ1v) is 7.40. The number of halogens is 1. The average molecular weight is 434 g/mol. The van der Waals surface area contributed by atoms with Gasteiger partial charge in [0, 0.05) is 38.9 Å². The number of aliphatic imine (C=N–C) groups is 1. The van der Waals surface area contributed by atoms with E-state index >= 15 is 0 Å². The van der Waals surface area contributed by atoms with Crippen molar-refractivity contribution < 1.29 is 9.53 Å². The first kappa shape index (κ1) is 21.6. The van der Waals surface area contributed by atoms with E-state index in [1.165, 1.54) is 0 Å². The Morgan fingerprint density at radius 1 is 1.22 bits per heavy atom. The van der Waals surface area contributed by atoms with Crippen LogP contribution in [0.25, 0.3) is 0 Å². The minimum absolute atomic E-state index is 0. The summed E-state index contributed by atoms with van der Waals surface area (Å²) in [7, 11) is 3.39. The van der Waals surface area contributed by atoms with Crippen molar-refractivity contribution >= 4 is 41.5 Å². The van der Waals surface area contributed by atoms with Gasteiger partial charge >= 0.3 is 0 Å². The molecule has 0 radical (unpaired) electrons. The number of anilines is 1. The van der Waals surface area contributed by atoms with Gasteiger partial charge in [-0.15, -0.1) is 24.0 Å². The molecule has 1 rings (SSSR count). The van der Waals surface area contributed by atoms with Crippen LogP contribution < -0.4 is 16.0 Å². The Balaban J connectivity index is 0.00000484. The molecule has 1 amide bonds. The van der Waals surface area contributed by atoms with Crippen LogP contribution >= 0.6 is 24.0 Å². The maximum atomic E-state index is 11.6. The van der Waals surface area contributed by atoms with Gasteiger partial charge in [-0.1, -0.05) is 26.0 Å². The zero-order chi connectivity index (χ0) is 16.4. The Hall–Kier alpha value is -1.35. The molecular weight excluding hydrogens is 407 g/mol. The van der Waals surface area contributed by atoms with E-state index in [1.807, 2.05) is 38.1 Å². The molecule has 0 aliphatic carbocycles. The molecule has 0 aliphatic heterocycles. The molecule has 7 heteroatoms. The van der Waals surface area contributed by atoms with Crippen molar-refractivity contribution in [2.45, 2.75) is 20.4 Å². The highest BCUT2D eigenvalue weighted by molar-refractivity contribution is 14.0. The van der Waals surface area contributed by atoms with Gasteiger partial charge in [-0.25, -0.2) is 0 Å². The zero-order valence-electron chi connectivity index (χ0n) is 14.2. The minimum Gasteiger partial charge on any atom is -0.383 e. The van der Waals surface area contributed by atoms with E-state index in [-0.39, 0.29) is 35.8 Å². The lowest BCUT2D eigenvalue weighted by Gasteiger charge is -2.12. The van der Waals surface area contributed by atoms with Crippen molar-refractivity contribution in [1.82, 2.24) is 10.6 Å². The molecule has 0 saturated carbocycles. The topological polar surface area (TPSA) is 74.8 Å². The van der Waals surface area contributed by atoms with E-state index in [9.17, 15) is 4.79 Å². The second kappa shape index (κ2) is 12.1. The van der Waals surface area contributed by atoms with Crippen molar-refractivity contribution in [1.29, 1.82) is 0 Å². The molecule has 0 fully saturated rings. The summed E-state index contributed by atoms with van der Waals surface area (Å²) in [5.41, 5.74) is 1.92. The Kier molecular flexibility index (Phi) is 11.4. The summed E-state index contributed by atoms with van der Waals surface area (Å²) in [6.07, 6.45) is 0. The van der Waals surface area contributed by atoms with Crippen LogP contribution in [0.2, 0.25) is 0 Å². The van der Waals surface area contributed by atoms with Gasteiger partial charge in [-0.2, -0.15) is 0 Å². The summed E-state index contributed by atoms with van der Waals surface area (Å²) in [4.78, 5) is 15.8. The minimum atomic E-state index is -0.0251. The predicted octanol–water partition coefficient (Wildman–Crippen LogP) is 2.21. The van der Waals surface area contributed by atoms with Crippen LogP contribution in [0.3, 0.4) is 0 Å². The predicted molar refractivity (Wildman–Crippen MR) is 105 cm³/mol. The molecule has 0 aliphatic rings. The maximum absolute atomic E-state index is 11.6. The number of benzene rings is 1. The number of ether oxygens (including phenoxy) is 1. The summed E-state index contributed by atoms with van der Waals surface area (Å²) in [5, 5.41) is 9.24. The first-order chi connectivity index (χ1) is 10.6. The van der Waals surface area contributed by atoms with Gasteiger partial charge in [0.2, 0.25) is 5.91 Å². The summed E-state index contributed by atoms with van der Waals surface area (Å²) in [5.74, 6) is 0.727. The molecule has 1 aromatic carbocycles. The van der Waals surface area contributed by atoms with Crippen LogP contribution in [0.1, 0.15) is 19.4 Å². The van der Waals surface area contributed by atoms with Gasteiger partial charge in [-0.3, -0.25) is 9.79 Å². The van der Waals surface area contributed by atoms with Crippen LogP contribution in [0.15, 0.2) is 29.3 Å². The SMILES string of the molecule is CN=C(NCCOC)NCc1ccc(NC(=O)C(C)C)cc1.I. The Morgan fingerprint density at radius 2 is 1.87 bits per heavy atom. The van der Waals surface area contributed by atoms with E-state index in [0.717, 1.165) is 17.2 Å². The number of methoxy groups -OCH3 is 1. The molecule has 23 heavy (non-hydrogen) atoms. The fourth-order valence-electron chi connectivity index (χ4n) is 1.67. The van der Waals surface area contributed by atoms with Gasteiger partial charge in [0.15, 0.2) is 5.96 Å². The lowest BCUT2D eigenvalue weighted by molar-refractivity contribution is -0.118. The van der Waals surface area contributed by atoms with Gasteiger partial charge in [-0.05, 0) is 17.7 Å². The number of nitrogens with zero attached hydrogens (tertiary/aromatic N) is 1. The third-order valence-corrected chi connectivity index (χ3v) is 3.03. The largest absolute Gasteiger partial charge is 0.383 e. The Morgan fingerprint density at radius 3 is 2.39 bits per heavy atom. The third-order valence-electron chi connectivity index (χ3n) is 3.03. The Bertz CT molecular complexity index is 489. The number of guanidine groups is 1. The van der Waals surface area contributed by atoms with E-state index in [4.69, 9.17) is 4.74 Å². The number of amides is 1. The number of nitrogens with one attached hydrogen (secondary N) is 3. The summed E-state index contributed by atoms with van der Waals surface area (Å²) in [6.45, 7) is 5.73. The summed E-state index contributed by atoms with van der Waals surface area (Å²) >= 11 is 0. The van der Waals surface area contributed by atoms with E-state index in [1.54, 1.807) is 14.2 Å². The lowest BCUT2D eigenvalue weighted by atomic mass is 10.1. The molecule has 0 aromatic heterocycles. The summed E-state index contributed by atoms with van der Waals surface area (Å²) in [6, 6.07) is 7.76. The second-order valence-corrected chi connectivity index (χ2v) is 5.19. The average Bonchev–Trinajstić information content (AvgIpc) is 2.52. The van der Waals surface area contributed by atoms with Crippen molar-refractivity contribution in [3.8, 4) is 0 Å².